The Hall–Kier alpha value is -3.38. The van der Waals surface area contributed by atoms with Crippen LogP contribution in [0.15, 0.2) is 88.8 Å². The highest BCUT2D eigenvalue weighted by molar-refractivity contribution is 7.98. The summed E-state index contributed by atoms with van der Waals surface area (Å²) in [6, 6.07) is 26.4. The Bertz CT molecular complexity index is 1420. The molecule has 0 radical (unpaired) electrons. The number of aromatic nitrogens is 4. The second-order valence-electron chi connectivity index (χ2n) is 7.61. The van der Waals surface area contributed by atoms with Gasteiger partial charge in [-0.25, -0.2) is 0 Å². The molecular formula is C25H22N4OS. The molecular weight excluding hydrogens is 404 g/mol. The maximum Gasteiger partial charge on any atom is 0.262 e. The van der Waals surface area contributed by atoms with E-state index < -0.39 is 0 Å². The van der Waals surface area contributed by atoms with Gasteiger partial charge in [-0.2, -0.15) is 0 Å². The Labute approximate surface area is 184 Å². The molecule has 0 amide bonds. The van der Waals surface area contributed by atoms with E-state index in [1.54, 1.807) is 16.3 Å². The van der Waals surface area contributed by atoms with Crippen LogP contribution in [0.3, 0.4) is 0 Å². The van der Waals surface area contributed by atoms with E-state index in [1.807, 2.05) is 46.9 Å². The molecule has 0 saturated carbocycles. The average molecular weight is 427 g/mol. The van der Waals surface area contributed by atoms with Gasteiger partial charge in [0, 0.05) is 12.3 Å². The van der Waals surface area contributed by atoms with Gasteiger partial charge in [0.15, 0.2) is 5.16 Å². The topological polar surface area (TPSA) is 52.2 Å². The number of fused-ring (bicyclic) bond motifs is 3. The summed E-state index contributed by atoms with van der Waals surface area (Å²) in [6.07, 6.45) is 0.757. The molecule has 31 heavy (non-hydrogen) atoms. The van der Waals surface area contributed by atoms with E-state index in [9.17, 15) is 4.79 Å². The third-order valence-corrected chi connectivity index (χ3v) is 6.40. The maximum absolute atomic E-state index is 13.3. The van der Waals surface area contributed by atoms with E-state index in [-0.39, 0.29) is 5.56 Å². The summed E-state index contributed by atoms with van der Waals surface area (Å²) in [6.45, 7) is 2.65. The van der Waals surface area contributed by atoms with Crippen molar-refractivity contribution in [2.45, 2.75) is 30.8 Å². The number of aryl methyl sites for hydroxylation is 3. The van der Waals surface area contributed by atoms with Crippen molar-refractivity contribution in [2.24, 2.45) is 0 Å². The number of hydrogen-bond donors (Lipinski definition) is 0. The molecule has 6 heteroatoms. The summed E-state index contributed by atoms with van der Waals surface area (Å²) < 4.78 is 3.77. The van der Waals surface area contributed by atoms with Gasteiger partial charge in [-0.3, -0.25) is 13.8 Å². The van der Waals surface area contributed by atoms with Crippen LogP contribution < -0.4 is 5.56 Å². The van der Waals surface area contributed by atoms with E-state index >= 15 is 0 Å². The first-order valence-electron chi connectivity index (χ1n) is 10.3. The Morgan fingerprint density at radius 1 is 0.871 bits per heavy atom. The first-order chi connectivity index (χ1) is 15.2. The molecule has 2 heterocycles. The van der Waals surface area contributed by atoms with Crippen molar-refractivity contribution in [3.63, 3.8) is 0 Å². The Morgan fingerprint density at radius 2 is 1.65 bits per heavy atom. The minimum absolute atomic E-state index is 0.0262. The molecule has 0 saturated heterocycles. The summed E-state index contributed by atoms with van der Waals surface area (Å²) in [5, 5.41) is 10.4. The summed E-state index contributed by atoms with van der Waals surface area (Å²) in [5.74, 6) is 1.38. The minimum atomic E-state index is -0.0262. The van der Waals surface area contributed by atoms with Gasteiger partial charge in [0.2, 0.25) is 5.78 Å². The van der Waals surface area contributed by atoms with E-state index in [0.717, 1.165) is 22.8 Å². The summed E-state index contributed by atoms with van der Waals surface area (Å²) >= 11 is 1.64. The molecule has 0 N–H and O–H groups in total. The second kappa shape index (κ2) is 8.40. The third kappa shape index (κ3) is 3.86. The first kappa shape index (κ1) is 19.6. The van der Waals surface area contributed by atoms with Crippen LogP contribution in [0.5, 0.6) is 0 Å². The quantitative estimate of drug-likeness (QED) is 0.363. The normalized spacial score (nSPS) is 11.4. The number of benzene rings is 3. The molecule has 3 aromatic carbocycles. The lowest BCUT2D eigenvalue weighted by atomic mass is 10.1. The molecule has 5 aromatic rings. The number of thioether (sulfide) groups is 1. The van der Waals surface area contributed by atoms with Crippen LogP contribution in [0.25, 0.3) is 16.7 Å². The van der Waals surface area contributed by atoms with Gasteiger partial charge < -0.3 is 0 Å². The van der Waals surface area contributed by atoms with Crippen molar-refractivity contribution in [2.75, 3.05) is 0 Å². The number of para-hydroxylation sites is 1. The third-order valence-electron chi connectivity index (χ3n) is 5.40. The predicted molar refractivity (Wildman–Crippen MR) is 126 cm³/mol. The average Bonchev–Trinajstić information content (AvgIpc) is 3.22. The molecule has 0 bridgehead atoms. The molecule has 5 nitrogen and oxygen atoms in total. The van der Waals surface area contributed by atoms with E-state index in [4.69, 9.17) is 0 Å². The van der Waals surface area contributed by atoms with Gasteiger partial charge in [-0.1, -0.05) is 84.1 Å². The van der Waals surface area contributed by atoms with Crippen LogP contribution in [0.4, 0.5) is 0 Å². The molecule has 0 aliphatic carbocycles. The highest BCUT2D eigenvalue weighted by atomic mass is 32.2. The van der Waals surface area contributed by atoms with Gasteiger partial charge in [-0.05, 0) is 36.6 Å². The fourth-order valence-electron chi connectivity index (χ4n) is 3.86. The highest BCUT2D eigenvalue weighted by Crippen LogP contribution is 2.25. The molecule has 0 aliphatic rings. The van der Waals surface area contributed by atoms with Crippen LogP contribution in [0.1, 0.15) is 16.7 Å². The lowest BCUT2D eigenvalue weighted by molar-refractivity contribution is 0.677. The smallest absolute Gasteiger partial charge is 0.262 e. The monoisotopic (exact) mass is 426 g/mol. The summed E-state index contributed by atoms with van der Waals surface area (Å²) in [7, 11) is 0. The van der Waals surface area contributed by atoms with Crippen LogP contribution in [-0.2, 0) is 18.7 Å². The highest BCUT2D eigenvalue weighted by Gasteiger charge is 2.16. The van der Waals surface area contributed by atoms with E-state index in [1.165, 1.54) is 16.7 Å². The zero-order chi connectivity index (χ0) is 21.2. The molecule has 0 aliphatic heterocycles. The minimum Gasteiger partial charge on any atom is -0.276 e. The number of hydrogen-bond acceptors (Lipinski definition) is 4. The van der Waals surface area contributed by atoms with Crippen LogP contribution in [-0.4, -0.2) is 19.2 Å². The Balaban J connectivity index is 1.57. The lowest BCUT2D eigenvalue weighted by Crippen LogP contribution is -2.24. The second-order valence-corrected chi connectivity index (χ2v) is 8.55. The molecule has 0 unspecified atom stereocenters. The summed E-state index contributed by atoms with van der Waals surface area (Å²) in [5.41, 5.74) is 4.49. The van der Waals surface area contributed by atoms with E-state index in [2.05, 4.69) is 53.5 Å². The van der Waals surface area contributed by atoms with Crippen molar-refractivity contribution in [3.05, 3.63) is 106 Å². The van der Waals surface area contributed by atoms with Gasteiger partial charge in [0.05, 0.1) is 10.9 Å². The zero-order valence-corrected chi connectivity index (χ0v) is 18.0. The largest absolute Gasteiger partial charge is 0.276 e. The molecule has 2 aromatic heterocycles. The molecule has 154 valence electrons. The van der Waals surface area contributed by atoms with Crippen molar-refractivity contribution in [1.29, 1.82) is 0 Å². The lowest BCUT2D eigenvalue weighted by Gasteiger charge is -2.11. The van der Waals surface area contributed by atoms with Gasteiger partial charge in [-0.15, -0.1) is 10.2 Å². The zero-order valence-electron chi connectivity index (χ0n) is 17.2. The van der Waals surface area contributed by atoms with Crippen molar-refractivity contribution in [1.82, 2.24) is 19.2 Å². The van der Waals surface area contributed by atoms with Gasteiger partial charge in [0.25, 0.3) is 5.56 Å². The van der Waals surface area contributed by atoms with Crippen molar-refractivity contribution in [3.8, 4) is 0 Å². The fraction of sp³-hybridized carbons (Fsp3) is 0.160. The molecule has 0 atom stereocenters. The summed E-state index contributed by atoms with van der Waals surface area (Å²) in [4.78, 5) is 13.3. The Morgan fingerprint density at radius 3 is 2.48 bits per heavy atom. The number of nitrogens with zero attached hydrogens (tertiary/aromatic N) is 4. The first-order valence-corrected chi connectivity index (χ1v) is 11.3. The van der Waals surface area contributed by atoms with Crippen LogP contribution >= 0.6 is 11.8 Å². The van der Waals surface area contributed by atoms with Gasteiger partial charge in [0.1, 0.15) is 0 Å². The SMILES string of the molecule is Cc1cccc(CSc2nnc3n(CCc4ccccc4)c(=O)c4ccccc4n23)c1. The predicted octanol–water partition coefficient (Wildman–Crippen LogP) is 4.89. The molecule has 0 fully saturated rings. The molecule has 0 spiro atoms. The standard InChI is InChI=1S/C25H22N4OS/c1-18-8-7-11-20(16-18)17-31-25-27-26-24-28(15-14-19-9-3-2-4-10-19)23(30)21-12-5-6-13-22(21)29(24)25/h2-13,16H,14-15,17H2,1H3. The Kier molecular flexibility index (Phi) is 5.30. The van der Waals surface area contributed by atoms with Crippen molar-refractivity contribution < 1.29 is 0 Å². The van der Waals surface area contributed by atoms with Gasteiger partial charge >= 0.3 is 0 Å². The number of rotatable bonds is 6. The van der Waals surface area contributed by atoms with Crippen LogP contribution in [0.2, 0.25) is 0 Å². The molecule has 5 rings (SSSR count). The maximum atomic E-state index is 13.3. The van der Waals surface area contributed by atoms with Crippen molar-refractivity contribution >= 4 is 28.4 Å². The van der Waals surface area contributed by atoms with Crippen LogP contribution in [0, 0.1) is 6.92 Å². The fourth-order valence-corrected chi connectivity index (χ4v) is 4.75. The van der Waals surface area contributed by atoms with E-state index in [0.29, 0.717) is 17.7 Å².